The molecule has 0 amide bonds. The molecule has 112 valence electrons. The number of rotatable bonds is 3. The van der Waals surface area contributed by atoms with Crippen molar-refractivity contribution in [3.63, 3.8) is 0 Å². The smallest absolute Gasteiger partial charge is 0.0772 e. The van der Waals surface area contributed by atoms with Crippen LogP contribution in [0, 0.1) is 5.92 Å². The largest absolute Gasteiger partial charge is 0.379 e. The summed E-state index contributed by atoms with van der Waals surface area (Å²) in [5.74, 6) is 0.598. The van der Waals surface area contributed by atoms with E-state index in [1.165, 1.54) is 11.1 Å². The van der Waals surface area contributed by atoms with Crippen molar-refractivity contribution in [1.29, 1.82) is 0 Å². The molecule has 3 rings (SSSR count). The van der Waals surface area contributed by atoms with E-state index in [0.29, 0.717) is 12.5 Å². The SMILES string of the molecule is COC1CN(c2c(CN)cnc3ccccc23)CCC1C. The van der Waals surface area contributed by atoms with Gasteiger partial charge in [0.15, 0.2) is 0 Å². The number of nitrogens with zero attached hydrogens (tertiary/aromatic N) is 2. The predicted octanol–water partition coefficient (Wildman–Crippen LogP) is 2.55. The molecule has 1 aromatic heterocycles. The summed E-state index contributed by atoms with van der Waals surface area (Å²) in [6.07, 6.45) is 3.33. The van der Waals surface area contributed by atoms with Gasteiger partial charge in [-0.1, -0.05) is 25.1 Å². The van der Waals surface area contributed by atoms with Gasteiger partial charge in [-0.15, -0.1) is 0 Å². The molecule has 0 spiro atoms. The molecule has 1 saturated heterocycles. The number of benzene rings is 1. The van der Waals surface area contributed by atoms with Gasteiger partial charge in [-0.25, -0.2) is 0 Å². The zero-order valence-corrected chi connectivity index (χ0v) is 12.7. The van der Waals surface area contributed by atoms with Gasteiger partial charge < -0.3 is 15.4 Å². The molecule has 1 aliphatic heterocycles. The highest BCUT2D eigenvalue weighted by Crippen LogP contribution is 2.33. The number of anilines is 1. The van der Waals surface area contributed by atoms with Crippen molar-refractivity contribution in [2.75, 3.05) is 25.1 Å². The Labute approximate surface area is 125 Å². The van der Waals surface area contributed by atoms with Crippen LogP contribution >= 0.6 is 0 Å². The molecular formula is C17H23N3O. The topological polar surface area (TPSA) is 51.4 Å². The third kappa shape index (κ3) is 2.61. The molecule has 1 aliphatic rings. The van der Waals surface area contributed by atoms with Crippen LogP contribution in [0.2, 0.25) is 0 Å². The fourth-order valence-electron chi connectivity index (χ4n) is 3.23. The maximum absolute atomic E-state index is 5.94. The quantitative estimate of drug-likeness (QED) is 0.941. The molecule has 2 heterocycles. The summed E-state index contributed by atoms with van der Waals surface area (Å²) < 4.78 is 5.65. The highest BCUT2D eigenvalue weighted by Gasteiger charge is 2.28. The van der Waals surface area contributed by atoms with Gasteiger partial charge in [0.2, 0.25) is 0 Å². The minimum atomic E-state index is 0.274. The summed E-state index contributed by atoms with van der Waals surface area (Å²) in [4.78, 5) is 6.94. The molecule has 2 N–H and O–H groups in total. The molecule has 2 aromatic rings. The van der Waals surface area contributed by atoms with Crippen LogP contribution in [0.25, 0.3) is 10.9 Å². The highest BCUT2D eigenvalue weighted by molar-refractivity contribution is 5.93. The lowest BCUT2D eigenvalue weighted by Gasteiger charge is -2.38. The number of pyridine rings is 1. The molecule has 2 atom stereocenters. The van der Waals surface area contributed by atoms with Crippen LogP contribution in [0.4, 0.5) is 5.69 Å². The van der Waals surface area contributed by atoms with Gasteiger partial charge in [-0.3, -0.25) is 4.98 Å². The van der Waals surface area contributed by atoms with E-state index < -0.39 is 0 Å². The van der Waals surface area contributed by atoms with Crippen LogP contribution in [0.15, 0.2) is 30.5 Å². The van der Waals surface area contributed by atoms with E-state index in [2.05, 4.69) is 35.0 Å². The minimum Gasteiger partial charge on any atom is -0.379 e. The van der Waals surface area contributed by atoms with Crippen LogP contribution in [-0.4, -0.2) is 31.3 Å². The first kappa shape index (κ1) is 14.3. The van der Waals surface area contributed by atoms with Crippen LogP contribution in [0.5, 0.6) is 0 Å². The standard InChI is InChI=1S/C17H23N3O/c1-12-7-8-20(11-16(12)21-2)17-13(9-18)10-19-15-6-4-3-5-14(15)17/h3-6,10,12,16H,7-9,11,18H2,1-2H3. The third-order valence-corrected chi connectivity index (χ3v) is 4.55. The average Bonchev–Trinajstić information content (AvgIpc) is 2.54. The van der Waals surface area contributed by atoms with Crippen LogP contribution in [0.1, 0.15) is 18.9 Å². The van der Waals surface area contributed by atoms with E-state index in [9.17, 15) is 0 Å². The summed E-state index contributed by atoms with van der Waals surface area (Å²) >= 11 is 0. The lowest BCUT2D eigenvalue weighted by molar-refractivity contribution is 0.0498. The molecule has 0 radical (unpaired) electrons. The van der Waals surface area contributed by atoms with Crippen LogP contribution in [-0.2, 0) is 11.3 Å². The third-order valence-electron chi connectivity index (χ3n) is 4.55. The Balaban J connectivity index is 2.06. The Morgan fingerprint density at radius 1 is 1.38 bits per heavy atom. The lowest BCUT2D eigenvalue weighted by atomic mass is 9.94. The van der Waals surface area contributed by atoms with Gasteiger partial charge in [-0.2, -0.15) is 0 Å². The number of piperidine rings is 1. The fourth-order valence-corrected chi connectivity index (χ4v) is 3.23. The molecular weight excluding hydrogens is 262 g/mol. The monoisotopic (exact) mass is 285 g/mol. The van der Waals surface area contributed by atoms with Gasteiger partial charge in [0.1, 0.15) is 0 Å². The van der Waals surface area contributed by atoms with Gasteiger partial charge in [0.25, 0.3) is 0 Å². The molecule has 1 aromatic carbocycles. The summed E-state index contributed by atoms with van der Waals surface area (Å²) in [6.45, 7) is 4.73. The predicted molar refractivity (Wildman–Crippen MR) is 86.4 cm³/mol. The molecule has 0 bridgehead atoms. The van der Waals surface area contributed by atoms with E-state index >= 15 is 0 Å². The Morgan fingerprint density at radius 2 is 2.19 bits per heavy atom. The summed E-state index contributed by atoms with van der Waals surface area (Å²) in [6, 6.07) is 8.28. The summed E-state index contributed by atoms with van der Waals surface area (Å²) in [5.41, 5.74) is 9.31. The van der Waals surface area contributed by atoms with E-state index in [4.69, 9.17) is 10.5 Å². The van der Waals surface area contributed by atoms with Crippen molar-refractivity contribution >= 4 is 16.6 Å². The van der Waals surface area contributed by atoms with Crippen molar-refractivity contribution in [3.8, 4) is 0 Å². The second-order valence-corrected chi connectivity index (χ2v) is 5.84. The van der Waals surface area contributed by atoms with Crippen molar-refractivity contribution in [3.05, 3.63) is 36.0 Å². The number of hydrogen-bond acceptors (Lipinski definition) is 4. The Bertz CT molecular complexity index is 628. The number of fused-ring (bicyclic) bond motifs is 1. The van der Waals surface area contributed by atoms with Gasteiger partial charge in [-0.05, 0) is 18.4 Å². The summed E-state index contributed by atoms with van der Waals surface area (Å²) in [5, 5.41) is 1.19. The van der Waals surface area contributed by atoms with Gasteiger partial charge in [0, 0.05) is 43.9 Å². The maximum atomic E-state index is 5.94. The normalized spacial score (nSPS) is 22.7. The molecule has 2 unspecified atom stereocenters. The van der Waals surface area contributed by atoms with E-state index in [1.54, 1.807) is 7.11 Å². The van der Waals surface area contributed by atoms with E-state index in [1.807, 2.05) is 12.3 Å². The summed E-state index contributed by atoms with van der Waals surface area (Å²) in [7, 11) is 1.80. The van der Waals surface area contributed by atoms with Crippen molar-refractivity contribution in [2.24, 2.45) is 11.7 Å². The first-order chi connectivity index (χ1) is 10.2. The molecule has 0 aliphatic carbocycles. The minimum absolute atomic E-state index is 0.274. The number of methoxy groups -OCH3 is 1. The molecule has 1 fully saturated rings. The average molecular weight is 285 g/mol. The second kappa shape index (κ2) is 6.00. The Hall–Kier alpha value is -1.65. The first-order valence-electron chi connectivity index (χ1n) is 7.59. The van der Waals surface area contributed by atoms with E-state index in [-0.39, 0.29) is 6.10 Å². The zero-order valence-electron chi connectivity index (χ0n) is 12.7. The lowest BCUT2D eigenvalue weighted by Crippen LogP contribution is -2.44. The maximum Gasteiger partial charge on any atom is 0.0772 e. The number of para-hydroxylation sites is 1. The highest BCUT2D eigenvalue weighted by atomic mass is 16.5. The number of aromatic nitrogens is 1. The van der Waals surface area contributed by atoms with Crippen molar-refractivity contribution in [1.82, 2.24) is 4.98 Å². The van der Waals surface area contributed by atoms with E-state index in [0.717, 1.165) is 30.6 Å². The number of hydrogen-bond donors (Lipinski definition) is 1. The molecule has 4 heteroatoms. The molecule has 0 saturated carbocycles. The first-order valence-corrected chi connectivity index (χ1v) is 7.59. The Morgan fingerprint density at radius 3 is 2.95 bits per heavy atom. The molecule has 21 heavy (non-hydrogen) atoms. The van der Waals surface area contributed by atoms with Gasteiger partial charge >= 0.3 is 0 Å². The van der Waals surface area contributed by atoms with Crippen LogP contribution < -0.4 is 10.6 Å². The second-order valence-electron chi connectivity index (χ2n) is 5.84. The number of nitrogens with two attached hydrogens (primary N) is 1. The van der Waals surface area contributed by atoms with Crippen LogP contribution in [0.3, 0.4) is 0 Å². The van der Waals surface area contributed by atoms with Crippen molar-refractivity contribution in [2.45, 2.75) is 26.0 Å². The van der Waals surface area contributed by atoms with Crippen molar-refractivity contribution < 1.29 is 4.74 Å². The number of ether oxygens (including phenoxy) is 1. The zero-order chi connectivity index (χ0) is 14.8. The van der Waals surface area contributed by atoms with Gasteiger partial charge in [0.05, 0.1) is 17.3 Å². The molecule has 4 nitrogen and oxygen atoms in total. The fraction of sp³-hybridized carbons (Fsp3) is 0.471. The Kier molecular flexibility index (Phi) is 4.08.